The predicted octanol–water partition coefficient (Wildman–Crippen LogP) is 3.35. The summed E-state index contributed by atoms with van der Waals surface area (Å²) >= 11 is 1.48. The molecule has 3 atom stereocenters. The van der Waals surface area contributed by atoms with E-state index in [4.69, 9.17) is 4.74 Å². The lowest BCUT2D eigenvalue weighted by molar-refractivity contribution is -0.162. The molecule has 5 nitrogen and oxygen atoms in total. The van der Waals surface area contributed by atoms with Crippen molar-refractivity contribution >= 4 is 23.6 Å². The van der Waals surface area contributed by atoms with Crippen molar-refractivity contribution in [3.8, 4) is 0 Å². The van der Waals surface area contributed by atoms with E-state index < -0.39 is 18.0 Å². The molecule has 0 aromatic heterocycles. The van der Waals surface area contributed by atoms with Gasteiger partial charge in [0.25, 0.3) is 0 Å². The predicted molar refractivity (Wildman–Crippen MR) is 106 cm³/mol. The maximum Gasteiger partial charge on any atom is 0.356 e. The van der Waals surface area contributed by atoms with Gasteiger partial charge in [0, 0.05) is 16.2 Å². The highest BCUT2D eigenvalue weighted by atomic mass is 32.2. The van der Waals surface area contributed by atoms with Crippen molar-refractivity contribution in [3.05, 3.63) is 76.8 Å². The fourth-order valence-corrected chi connectivity index (χ4v) is 4.84. The van der Waals surface area contributed by atoms with Crippen LogP contribution in [0.2, 0.25) is 0 Å². The number of benzene rings is 2. The maximum absolute atomic E-state index is 12.9. The van der Waals surface area contributed by atoms with Gasteiger partial charge in [0.05, 0.1) is 18.1 Å². The normalized spacial score (nSPS) is 21.9. The monoisotopic (exact) mass is 395 g/mol. The molecule has 1 saturated heterocycles. The first-order valence-electron chi connectivity index (χ1n) is 9.24. The highest BCUT2D eigenvalue weighted by molar-refractivity contribution is 8.03. The van der Waals surface area contributed by atoms with Crippen LogP contribution in [0.15, 0.2) is 76.2 Å². The lowest BCUT2D eigenvalue weighted by Gasteiger charge is -2.44. The summed E-state index contributed by atoms with van der Waals surface area (Å²) in [7, 11) is 0. The zero-order valence-electron chi connectivity index (χ0n) is 15.4. The quantitative estimate of drug-likeness (QED) is 0.600. The Morgan fingerprint density at radius 1 is 1.18 bits per heavy atom. The summed E-state index contributed by atoms with van der Waals surface area (Å²) in [5.74, 6) is -1.18. The Hall–Kier alpha value is -2.57. The number of hydrogen-bond acceptors (Lipinski definition) is 5. The molecule has 2 heterocycles. The Kier molecular flexibility index (Phi) is 5.24. The molecular weight excluding hydrogens is 374 g/mol. The van der Waals surface area contributed by atoms with Crippen molar-refractivity contribution in [2.75, 3.05) is 0 Å². The second-order valence-electron chi connectivity index (χ2n) is 6.99. The third-order valence-corrected chi connectivity index (χ3v) is 6.19. The number of thioether (sulfide) groups is 1. The minimum atomic E-state index is -0.739. The Morgan fingerprint density at radius 3 is 2.46 bits per heavy atom. The first-order chi connectivity index (χ1) is 13.6. The summed E-state index contributed by atoms with van der Waals surface area (Å²) < 4.78 is 5.51. The molecule has 1 fully saturated rings. The zero-order valence-corrected chi connectivity index (χ0v) is 16.3. The van der Waals surface area contributed by atoms with Crippen LogP contribution in [0.4, 0.5) is 0 Å². The Labute approximate surface area is 168 Å². The van der Waals surface area contributed by atoms with E-state index in [1.807, 2.05) is 60.7 Å². The molecule has 28 heavy (non-hydrogen) atoms. The summed E-state index contributed by atoms with van der Waals surface area (Å²) in [4.78, 5) is 28.8. The zero-order chi connectivity index (χ0) is 19.7. The average Bonchev–Trinajstić information content (AvgIpc) is 3.01. The molecular formula is C22H21NO4S. The molecule has 2 aliphatic rings. The molecule has 4 rings (SSSR count). The van der Waals surface area contributed by atoms with Crippen LogP contribution >= 0.6 is 11.8 Å². The number of rotatable bonds is 6. The molecule has 3 unspecified atom stereocenters. The molecule has 144 valence electrons. The first kappa shape index (κ1) is 18.8. The molecule has 0 aliphatic carbocycles. The molecule has 1 amide bonds. The fourth-order valence-electron chi connectivity index (χ4n) is 3.73. The minimum absolute atomic E-state index is 0.152. The van der Waals surface area contributed by atoms with Gasteiger partial charge in [-0.25, -0.2) is 4.79 Å². The second kappa shape index (κ2) is 7.81. The van der Waals surface area contributed by atoms with E-state index in [1.54, 1.807) is 6.92 Å². The van der Waals surface area contributed by atoms with E-state index in [2.05, 4.69) is 0 Å². The molecule has 2 aliphatic heterocycles. The van der Waals surface area contributed by atoms with Gasteiger partial charge in [0.2, 0.25) is 5.91 Å². The van der Waals surface area contributed by atoms with Crippen LogP contribution < -0.4 is 0 Å². The topological polar surface area (TPSA) is 66.8 Å². The molecule has 0 saturated carbocycles. The third-order valence-electron chi connectivity index (χ3n) is 5.08. The van der Waals surface area contributed by atoms with Crippen LogP contribution in [0, 0.1) is 5.92 Å². The number of β-lactam (4-membered cyclic amide) rings is 1. The molecule has 0 radical (unpaired) electrons. The number of amides is 1. The highest BCUT2D eigenvalue weighted by Crippen LogP contribution is 2.48. The SMILES string of the molecule is CC(O)C1C(=O)N2C(C(=O)OCc3ccccc3)=C(Sc3ccccc3)CC12. The number of carbonyl (C=O) groups is 2. The Balaban J connectivity index is 1.58. The van der Waals surface area contributed by atoms with Crippen molar-refractivity contribution in [2.24, 2.45) is 5.92 Å². The van der Waals surface area contributed by atoms with Crippen molar-refractivity contribution < 1.29 is 19.4 Å². The lowest BCUT2D eigenvalue weighted by Crippen LogP contribution is -2.61. The number of aliphatic hydroxyl groups excluding tert-OH is 1. The fraction of sp³-hybridized carbons (Fsp3) is 0.273. The number of fused-ring (bicyclic) bond motifs is 1. The van der Waals surface area contributed by atoms with E-state index in [0.29, 0.717) is 12.1 Å². The first-order valence-corrected chi connectivity index (χ1v) is 10.1. The summed E-state index contributed by atoms with van der Waals surface area (Å²) in [6, 6.07) is 19.0. The lowest BCUT2D eigenvalue weighted by atomic mass is 9.83. The molecule has 1 N–H and O–H groups in total. The number of hydrogen-bond donors (Lipinski definition) is 1. The smallest absolute Gasteiger partial charge is 0.356 e. The van der Waals surface area contributed by atoms with Crippen LogP contribution in [0.5, 0.6) is 0 Å². The summed E-state index contributed by atoms with van der Waals surface area (Å²) in [5, 5.41) is 9.95. The van der Waals surface area contributed by atoms with Crippen molar-refractivity contribution in [1.29, 1.82) is 0 Å². The summed E-state index contributed by atoms with van der Waals surface area (Å²) in [5.41, 5.74) is 1.21. The van der Waals surface area contributed by atoms with Gasteiger partial charge < -0.3 is 14.7 Å². The Morgan fingerprint density at radius 2 is 1.82 bits per heavy atom. The molecule has 0 bridgehead atoms. The summed E-state index contributed by atoms with van der Waals surface area (Å²) in [6.07, 6.45) is -0.187. The molecule has 6 heteroatoms. The molecule has 0 spiro atoms. The van der Waals surface area contributed by atoms with Gasteiger partial charge in [-0.2, -0.15) is 0 Å². The van der Waals surface area contributed by atoms with Crippen molar-refractivity contribution in [1.82, 2.24) is 4.90 Å². The van der Waals surface area contributed by atoms with Crippen molar-refractivity contribution in [3.63, 3.8) is 0 Å². The number of esters is 1. The maximum atomic E-state index is 12.9. The van der Waals surface area contributed by atoms with Crippen LogP contribution in [0.3, 0.4) is 0 Å². The van der Waals surface area contributed by atoms with Gasteiger partial charge in [0.1, 0.15) is 12.3 Å². The van der Waals surface area contributed by atoms with Crippen molar-refractivity contribution in [2.45, 2.75) is 37.0 Å². The van der Waals surface area contributed by atoms with Crippen LogP contribution in [-0.2, 0) is 20.9 Å². The van der Waals surface area contributed by atoms with Gasteiger partial charge in [-0.3, -0.25) is 4.79 Å². The van der Waals surface area contributed by atoms with E-state index in [9.17, 15) is 14.7 Å². The van der Waals surface area contributed by atoms with E-state index >= 15 is 0 Å². The minimum Gasteiger partial charge on any atom is -0.456 e. The highest BCUT2D eigenvalue weighted by Gasteiger charge is 2.57. The van der Waals surface area contributed by atoms with E-state index in [1.165, 1.54) is 16.7 Å². The number of aliphatic hydroxyl groups is 1. The summed E-state index contributed by atoms with van der Waals surface area (Å²) in [6.45, 7) is 1.77. The Bertz CT molecular complexity index is 911. The second-order valence-corrected chi connectivity index (χ2v) is 8.16. The van der Waals surface area contributed by atoms with Crippen LogP contribution in [0.25, 0.3) is 0 Å². The van der Waals surface area contributed by atoms with E-state index in [-0.39, 0.29) is 18.6 Å². The number of ether oxygens (including phenoxy) is 1. The average molecular weight is 395 g/mol. The van der Waals surface area contributed by atoms with Gasteiger partial charge in [-0.15, -0.1) is 0 Å². The van der Waals surface area contributed by atoms with Gasteiger partial charge in [0.15, 0.2) is 0 Å². The van der Waals surface area contributed by atoms with Crippen LogP contribution in [-0.4, -0.2) is 34.0 Å². The van der Waals surface area contributed by atoms with Gasteiger partial charge >= 0.3 is 5.97 Å². The standard InChI is InChI=1S/C22H21NO4S/c1-14(24)19-17-12-18(28-16-10-6-3-7-11-16)20(23(17)21(19)25)22(26)27-13-15-8-4-2-5-9-15/h2-11,14,17,19,24H,12-13H2,1H3. The third kappa shape index (κ3) is 3.45. The largest absolute Gasteiger partial charge is 0.456 e. The molecule has 2 aromatic rings. The number of carbonyl (C=O) groups excluding carboxylic acids is 2. The van der Waals surface area contributed by atoms with Gasteiger partial charge in [-0.1, -0.05) is 60.3 Å². The van der Waals surface area contributed by atoms with E-state index in [0.717, 1.165) is 15.4 Å². The van der Waals surface area contributed by atoms with Gasteiger partial charge in [-0.05, 0) is 24.6 Å². The number of nitrogens with zero attached hydrogens (tertiary/aromatic N) is 1. The molecule has 2 aromatic carbocycles. The van der Waals surface area contributed by atoms with Crippen LogP contribution in [0.1, 0.15) is 18.9 Å².